The molecule has 0 aliphatic rings. The summed E-state index contributed by atoms with van der Waals surface area (Å²) in [5, 5.41) is 13.7. The Bertz CT molecular complexity index is 790. The van der Waals surface area contributed by atoms with Gasteiger partial charge in [0.2, 0.25) is 5.28 Å². The summed E-state index contributed by atoms with van der Waals surface area (Å²) in [6.45, 7) is 5.18. The first kappa shape index (κ1) is 15.0. The molecule has 114 valence electrons. The highest BCUT2D eigenvalue weighted by Crippen LogP contribution is 2.20. The van der Waals surface area contributed by atoms with Gasteiger partial charge in [0.1, 0.15) is 12.4 Å². The average molecular weight is 337 g/mol. The molecule has 0 unspecified atom stereocenters. The van der Waals surface area contributed by atoms with Crippen LogP contribution in [0.1, 0.15) is 18.6 Å². The van der Waals surface area contributed by atoms with E-state index in [2.05, 4.69) is 20.3 Å². The van der Waals surface area contributed by atoms with Gasteiger partial charge in [-0.05, 0) is 49.7 Å². The molecule has 22 heavy (non-hydrogen) atoms. The molecule has 0 aliphatic carbocycles. The predicted octanol–water partition coefficient (Wildman–Crippen LogP) is 3.22. The lowest BCUT2D eigenvalue weighted by atomic mass is 10.2. The minimum Gasteiger partial charge on any atom is -0.314 e. The third-order valence-corrected chi connectivity index (χ3v) is 3.88. The van der Waals surface area contributed by atoms with Crippen LogP contribution in [0.15, 0.2) is 24.3 Å². The first-order valence-corrected chi connectivity index (χ1v) is 7.59. The Balaban J connectivity index is 1.91. The van der Waals surface area contributed by atoms with Gasteiger partial charge in [-0.1, -0.05) is 11.6 Å². The molecule has 3 rings (SSSR count). The summed E-state index contributed by atoms with van der Waals surface area (Å²) in [4.78, 5) is 4.29. The fraction of sp³-hybridized carbons (Fsp3) is 0.286. The lowest BCUT2D eigenvalue weighted by Gasteiger charge is -2.05. The van der Waals surface area contributed by atoms with E-state index >= 15 is 0 Å². The third-order valence-electron chi connectivity index (χ3n) is 3.35. The summed E-state index contributed by atoms with van der Waals surface area (Å²) in [5.74, 6) is 2.22. The Morgan fingerprint density at radius 1 is 1.09 bits per heavy atom. The van der Waals surface area contributed by atoms with Crippen molar-refractivity contribution in [2.75, 3.05) is 0 Å². The van der Waals surface area contributed by atoms with Crippen molar-refractivity contribution in [3.63, 3.8) is 0 Å². The van der Waals surface area contributed by atoms with Crippen LogP contribution < -0.4 is 0 Å². The lowest BCUT2D eigenvalue weighted by molar-refractivity contribution is 0.601. The van der Waals surface area contributed by atoms with Gasteiger partial charge in [-0.2, -0.15) is 4.98 Å². The second-order valence-electron chi connectivity index (χ2n) is 4.78. The summed E-state index contributed by atoms with van der Waals surface area (Å²) in [6.07, 6.45) is 0. The van der Waals surface area contributed by atoms with Crippen molar-refractivity contribution in [2.45, 2.75) is 26.9 Å². The second kappa shape index (κ2) is 6.06. The molecule has 0 bridgehead atoms. The SMILES string of the molecule is CCn1c(C)nnc1Cn1nc(-c2ccc(Cl)cc2)nc1Cl. The van der Waals surface area contributed by atoms with E-state index in [9.17, 15) is 0 Å². The number of nitrogens with zero attached hydrogens (tertiary/aromatic N) is 6. The topological polar surface area (TPSA) is 61.4 Å². The molecule has 0 aliphatic heterocycles. The van der Waals surface area contributed by atoms with Gasteiger partial charge in [0.15, 0.2) is 11.6 Å². The smallest absolute Gasteiger partial charge is 0.221 e. The first-order chi connectivity index (χ1) is 10.6. The zero-order valence-electron chi connectivity index (χ0n) is 12.2. The molecule has 0 amide bonds. The van der Waals surface area contributed by atoms with E-state index in [-0.39, 0.29) is 0 Å². The molecule has 8 heteroatoms. The Morgan fingerprint density at radius 3 is 2.50 bits per heavy atom. The Hall–Kier alpha value is -1.92. The van der Waals surface area contributed by atoms with Crippen LogP contribution in [0.3, 0.4) is 0 Å². The minimum absolute atomic E-state index is 0.313. The third kappa shape index (κ3) is 2.84. The van der Waals surface area contributed by atoms with Gasteiger partial charge >= 0.3 is 0 Å². The van der Waals surface area contributed by atoms with Gasteiger partial charge in [0, 0.05) is 17.1 Å². The number of hydrogen-bond donors (Lipinski definition) is 0. The summed E-state index contributed by atoms with van der Waals surface area (Å²) in [5.41, 5.74) is 0.859. The molecule has 0 atom stereocenters. The molecular weight excluding hydrogens is 323 g/mol. The molecule has 0 radical (unpaired) electrons. The van der Waals surface area contributed by atoms with Crippen molar-refractivity contribution in [1.82, 2.24) is 29.5 Å². The van der Waals surface area contributed by atoms with Crippen molar-refractivity contribution in [3.8, 4) is 11.4 Å². The Labute approximate surface area is 137 Å². The summed E-state index contributed by atoms with van der Waals surface area (Å²) in [6, 6.07) is 7.30. The summed E-state index contributed by atoms with van der Waals surface area (Å²) < 4.78 is 3.63. The zero-order chi connectivity index (χ0) is 15.7. The second-order valence-corrected chi connectivity index (χ2v) is 5.55. The van der Waals surface area contributed by atoms with Crippen molar-refractivity contribution in [3.05, 3.63) is 46.2 Å². The molecule has 0 fully saturated rings. The van der Waals surface area contributed by atoms with Gasteiger partial charge in [-0.25, -0.2) is 4.68 Å². The van der Waals surface area contributed by atoms with Crippen LogP contribution in [0.25, 0.3) is 11.4 Å². The van der Waals surface area contributed by atoms with Crippen molar-refractivity contribution < 1.29 is 0 Å². The van der Waals surface area contributed by atoms with Crippen LogP contribution in [0.2, 0.25) is 10.3 Å². The fourth-order valence-electron chi connectivity index (χ4n) is 2.23. The molecule has 0 saturated carbocycles. The van der Waals surface area contributed by atoms with E-state index in [1.54, 1.807) is 16.8 Å². The van der Waals surface area contributed by atoms with Gasteiger partial charge in [-0.15, -0.1) is 15.3 Å². The normalized spacial score (nSPS) is 11.1. The first-order valence-electron chi connectivity index (χ1n) is 6.83. The van der Waals surface area contributed by atoms with Crippen LogP contribution >= 0.6 is 23.2 Å². The Morgan fingerprint density at radius 2 is 1.82 bits per heavy atom. The van der Waals surface area contributed by atoms with Crippen molar-refractivity contribution in [2.24, 2.45) is 0 Å². The van der Waals surface area contributed by atoms with Gasteiger partial charge in [0.25, 0.3) is 0 Å². The highest BCUT2D eigenvalue weighted by Gasteiger charge is 2.14. The number of rotatable bonds is 4. The van der Waals surface area contributed by atoms with E-state index in [0.29, 0.717) is 22.7 Å². The zero-order valence-corrected chi connectivity index (χ0v) is 13.7. The van der Waals surface area contributed by atoms with E-state index in [1.165, 1.54) is 0 Å². The standard InChI is InChI=1S/C14H14Cl2N6/c1-3-21-9(2)18-19-12(21)8-22-14(16)17-13(20-22)10-4-6-11(15)7-5-10/h4-7H,3,8H2,1-2H3. The van der Waals surface area contributed by atoms with Crippen LogP contribution in [-0.4, -0.2) is 29.5 Å². The van der Waals surface area contributed by atoms with E-state index < -0.39 is 0 Å². The molecule has 2 aromatic heterocycles. The van der Waals surface area contributed by atoms with Gasteiger partial charge in [-0.3, -0.25) is 0 Å². The quantitative estimate of drug-likeness (QED) is 0.733. The lowest BCUT2D eigenvalue weighted by Crippen LogP contribution is -2.10. The fourth-order valence-corrected chi connectivity index (χ4v) is 2.54. The van der Waals surface area contributed by atoms with Crippen LogP contribution in [-0.2, 0) is 13.1 Å². The molecule has 3 aromatic rings. The monoisotopic (exact) mass is 336 g/mol. The highest BCUT2D eigenvalue weighted by molar-refractivity contribution is 6.30. The van der Waals surface area contributed by atoms with E-state index in [0.717, 1.165) is 23.8 Å². The average Bonchev–Trinajstić information content (AvgIpc) is 3.04. The van der Waals surface area contributed by atoms with Gasteiger partial charge in [0.05, 0.1) is 0 Å². The van der Waals surface area contributed by atoms with Crippen molar-refractivity contribution in [1.29, 1.82) is 0 Å². The molecule has 2 heterocycles. The molecule has 0 N–H and O–H groups in total. The largest absolute Gasteiger partial charge is 0.314 e. The number of benzene rings is 1. The van der Waals surface area contributed by atoms with Gasteiger partial charge < -0.3 is 4.57 Å². The maximum Gasteiger partial charge on any atom is 0.221 e. The van der Waals surface area contributed by atoms with Crippen LogP contribution in [0, 0.1) is 6.92 Å². The molecule has 0 spiro atoms. The molecular formula is C14H14Cl2N6. The maximum absolute atomic E-state index is 6.18. The molecule has 6 nitrogen and oxygen atoms in total. The highest BCUT2D eigenvalue weighted by atomic mass is 35.5. The van der Waals surface area contributed by atoms with E-state index in [4.69, 9.17) is 23.2 Å². The van der Waals surface area contributed by atoms with Crippen molar-refractivity contribution >= 4 is 23.2 Å². The number of halogens is 2. The van der Waals surface area contributed by atoms with E-state index in [1.807, 2.05) is 30.5 Å². The minimum atomic E-state index is 0.313. The predicted molar refractivity (Wildman–Crippen MR) is 85.0 cm³/mol. The number of aryl methyl sites for hydroxylation is 1. The number of aromatic nitrogens is 6. The van der Waals surface area contributed by atoms with Crippen LogP contribution in [0.5, 0.6) is 0 Å². The molecule has 0 saturated heterocycles. The maximum atomic E-state index is 6.18. The summed E-state index contributed by atoms with van der Waals surface area (Å²) >= 11 is 12.1. The number of hydrogen-bond acceptors (Lipinski definition) is 4. The van der Waals surface area contributed by atoms with Crippen LogP contribution in [0.4, 0.5) is 0 Å². The Kier molecular flexibility index (Phi) is 4.13. The molecule has 1 aromatic carbocycles. The summed E-state index contributed by atoms with van der Waals surface area (Å²) in [7, 11) is 0.